The molecule has 1 N–H and O–H groups in total. The molecule has 0 atom stereocenters. The molecule has 0 amide bonds. The zero-order chi connectivity index (χ0) is 11.7. The van der Waals surface area contributed by atoms with E-state index >= 15 is 0 Å². The fourth-order valence-corrected chi connectivity index (χ4v) is 1.39. The average molecular weight is 207 g/mol. The molecular weight excluding hydrogens is 182 g/mol. The first-order chi connectivity index (χ1) is 7.19. The van der Waals surface area contributed by atoms with Crippen LogP contribution in [-0.4, -0.2) is 4.98 Å². The lowest BCUT2D eigenvalue weighted by Crippen LogP contribution is -2.21. The minimum absolute atomic E-state index is 1.09. The molecule has 0 spiro atoms. The van der Waals surface area contributed by atoms with Crippen molar-refractivity contribution in [3.05, 3.63) is 22.3 Å². The molecule has 0 bridgehead atoms. The predicted molar refractivity (Wildman–Crippen MR) is 70.3 cm³/mol. The van der Waals surface area contributed by atoms with E-state index in [1.165, 1.54) is 22.7 Å². The molecule has 86 valence electrons. The second kappa shape index (κ2) is 8.34. The smallest absolute Gasteiger partial charge is 0.0412 e. The summed E-state index contributed by atoms with van der Waals surface area (Å²) in [5.41, 5.74) is 1.24. The number of hydrogen-bond acceptors (Lipinski definition) is 0. The van der Waals surface area contributed by atoms with E-state index in [4.69, 9.17) is 0 Å². The molecule has 0 aliphatic carbocycles. The standard InChI is InChI=1S/C11H17N.C3H8/c1-4-6-10-8-9(3)12-11(10)7-5-2;1-3-2/h6-8,12H,4-5H2,1-3H3;3H2,1-2H3/b10-6-,11-7+;. The third-order valence-corrected chi connectivity index (χ3v) is 1.85. The molecule has 1 rings (SSSR count). The maximum Gasteiger partial charge on any atom is 0.0412 e. The number of rotatable bonds is 2. The number of nitrogens with one attached hydrogen (secondary N) is 1. The summed E-state index contributed by atoms with van der Waals surface area (Å²) in [5, 5.41) is 2.62. The molecule has 0 aliphatic rings. The van der Waals surface area contributed by atoms with Crippen molar-refractivity contribution in [2.24, 2.45) is 0 Å². The number of H-pyrrole nitrogens is 1. The van der Waals surface area contributed by atoms with Crippen molar-refractivity contribution in [3.8, 4) is 0 Å². The largest absolute Gasteiger partial charge is 0.359 e. The van der Waals surface area contributed by atoms with Gasteiger partial charge < -0.3 is 4.98 Å². The lowest BCUT2D eigenvalue weighted by Gasteiger charge is -1.80. The molecule has 0 saturated heterocycles. The lowest BCUT2D eigenvalue weighted by molar-refractivity contribution is 1.09. The molecule has 0 radical (unpaired) electrons. The molecule has 15 heavy (non-hydrogen) atoms. The van der Waals surface area contributed by atoms with Gasteiger partial charge in [0.15, 0.2) is 0 Å². The van der Waals surface area contributed by atoms with E-state index in [1.54, 1.807) is 0 Å². The Bertz CT molecular complexity index is 324. The minimum atomic E-state index is 1.09. The number of aromatic nitrogens is 1. The molecule has 0 aromatic carbocycles. The Morgan fingerprint density at radius 2 is 1.60 bits per heavy atom. The highest BCUT2D eigenvalue weighted by molar-refractivity contribution is 5.30. The van der Waals surface area contributed by atoms with Crippen LogP contribution in [-0.2, 0) is 0 Å². The molecule has 1 heteroatoms. The first kappa shape index (κ1) is 14.0. The van der Waals surface area contributed by atoms with Gasteiger partial charge in [-0.05, 0) is 31.1 Å². The van der Waals surface area contributed by atoms with Crippen molar-refractivity contribution >= 4 is 12.2 Å². The maximum atomic E-state index is 3.34. The van der Waals surface area contributed by atoms with Crippen molar-refractivity contribution < 1.29 is 0 Å². The quantitative estimate of drug-likeness (QED) is 0.767. The summed E-state index contributed by atoms with van der Waals surface area (Å²) < 4.78 is 0. The van der Waals surface area contributed by atoms with Crippen LogP contribution in [0.4, 0.5) is 0 Å². The van der Waals surface area contributed by atoms with Crippen LogP contribution in [0, 0.1) is 6.92 Å². The Morgan fingerprint density at radius 3 is 2.07 bits per heavy atom. The van der Waals surface area contributed by atoms with Crippen LogP contribution in [0.2, 0.25) is 0 Å². The predicted octanol–water partition coefficient (Wildman–Crippen LogP) is 3.12. The summed E-state index contributed by atoms with van der Waals surface area (Å²) in [4.78, 5) is 3.34. The molecule has 0 fully saturated rings. The highest BCUT2D eigenvalue weighted by Gasteiger charge is 1.88. The van der Waals surface area contributed by atoms with E-state index in [0.717, 1.165) is 12.8 Å². The van der Waals surface area contributed by atoms with E-state index in [-0.39, 0.29) is 0 Å². The topological polar surface area (TPSA) is 15.8 Å². The molecule has 1 aromatic heterocycles. The van der Waals surface area contributed by atoms with Crippen LogP contribution in [0.15, 0.2) is 6.07 Å². The van der Waals surface area contributed by atoms with Crippen molar-refractivity contribution in [1.29, 1.82) is 0 Å². The zero-order valence-corrected chi connectivity index (χ0v) is 10.9. The summed E-state index contributed by atoms with van der Waals surface area (Å²) in [6, 6.07) is 2.20. The summed E-state index contributed by atoms with van der Waals surface area (Å²) in [6.45, 7) is 10.7. The lowest BCUT2D eigenvalue weighted by atomic mass is 10.3. The minimum Gasteiger partial charge on any atom is -0.359 e. The summed E-state index contributed by atoms with van der Waals surface area (Å²) in [7, 11) is 0. The van der Waals surface area contributed by atoms with Gasteiger partial charge in [-0.3, -0.25) is 0 Å². The van der Waals surface area contributed by atoms with Gasteiger partial charge >= 0.3 is 0 Å². The van der Waals surface area contributed by atoms with Gasteiger partial charge in [0.2, 0.25) is 0 Å². The second-order valence-electron chi connectivity index (χ2n) is 3.75. The van der Waals surface area contributed by atoms with E-state index in [2.05, 4.69) is 57.8 Å². The Balaban J connectivity index is 0.000000583. The molecule has 0 aliphatic heterocycles. The van der Waals surface area contributed by atoms with E-state index < -0.39 is 0 Å². The van der Waals surface area contributed by atoms with Crippen LogP contribution in [0.25, 0.3) is 12.2 Å². The van der Waals surface area contributed by atoms with Crippen molar-refractivity contribution in [3.63, 3.8) is 0 Å². The first-order valence-corrected chi connectivity index (χ1v) is 6.05. The highest BCUT2D eigenvalue weighted by Crippen LogP contribution is 1.82. The number of aryl methyl sites for hydroxylation is 1. The van der Waals surface area contributed by atoms with Gasteiger partial charge in [0, 0.05) is 11.0 Å². The monoisotopic (exact) mass is 207 g/mol. The number of aromatic amines is 1. The molecule has 1 heterocycles. The van der Waals surface area contributed by atoms with Gasteiger partial charge in [0.25, 0.3) is 0 Å². The number of hydrogen-bond donors (Lipinski definition) is 1. The summed E-state index contributed by atoms with van der Waals surface area (Å²) in [6.07, 6.45) is 7.92. The van der Waals surface area contributed by atoms with Gasteiger partial charge in [-0.2, -0.15) is 0 Å². The van der Waals surface area contributed by atoms with E-state index in [0.29, 0.717) is 0 Å². The molecule has 1 nitrogen and oxygen atoms in total. The van der Waals surface area contributed by atoms with Crippen LogP contribution in [0.5, 0.6) is 0 Å². The Hall–Kier alpha value is -0.980. The highest BCUT2D eigenvalue weighted by atomic mass is 14.7. The van der Waals surface area contributed by atoms with Gasteiger partial charge in [0.05, 0.1) is 0 Å². The van der Waals surface area contributed by atoms with Crippen LogP contribution < -0.4 is 10.6 Å². The fourth-order valence-electron chi connectivity index (χ4n) is 1.39. The summed E-state index contributed by atoms with van der Waals surface area (Å²) >= 11 is 0. The summed E-state index contributed by atoms with van der Waals surface area (Å²) in [5.74, 6) is 0. The normalized spacial score (nSPS) is 12.6. The van der Waals surface area contributed by atoms with Crippen molar-refractivity contribution in [2.45, 2.75) is 53.9 Å². The molecule has 0 unspecified atom stereocenters. The molecule has 0 saturated carbocycles. The van der Waals surface area contributed by atoms with Gasteiger partial charge in [0.1, 0.15) is 0 Å². The van der Waals surface area contributed by atoms with Gasteiger partial charge in [-0.25, -0.2) is 0 Å². The van der Waals surface area contributed by atoms with E-state index in [9.17, 15) is 0 Å². The van der Waals surface area contributed by atoms with Gasteiger partial charge in [-0.15, -0.1) is 0 Å². The van der Waals surface area contributed by atoms with Crippen LogP contribution in [0.3, 0.4) is 0 Å². The Morgan fingerprint density at radius 1 is 1.07 bits per heavy atom. The SMILES string of the molecule is CC/C=c1/cc(C)[nH]/c1=C/CC.CCC. The zero-order valence-electron chi connectivity index (χ0n) is 10.9. The van der Waals surface area contributed by atoms with E-state index in [1.807, 2.05) is 0 Å². The molecular formula is C14H25N. The van der Waals surface area contributed by atoms with Crippen molar-refractivity contribution in [2.75, 3.05) is 0 Å². The fraction of sp³-hybridized carbons (Fsp3) is 0.571. The molecule has 1 aromatic rings. The third kappa shape index (κ3) is 5.46. The Kier molecular flexibility index (Phi) is 7.79. The third-order valence-electron chi connectivity index (χ3n) is 1.85. The second-order valence-corrected chi connectivity index (χ2v) is 3.75. The van der Waals surface area contributed by atoms with Gasteiger partial charge in [-0.1, -0.05) is 46.3 Å². The maximum absolute atomic E-state index is 3.34. The van der Waals surface area contributed by atoms with Crippen LogP contribution in [0.1, 0.15) is 52.7 Å². The average Bonchev–Trinajstić information content (AvgIpc) is 2.49. The first-order valence-electron chi connectivity index (χ1n) is 6.05. The van der Waals surface area contributed by atoms with Crippen LogP contribution >= 0.6 is 0 Å². The van der Waals surface area contributed by atoms with Crippen molar-refractivity contribution in [1.82, 2.24) is 4.98 Å². The Labute approximate surface area is 93.9 Å².